The zero-order valence-corrected chi connectivity index (χ0v) is 18.2. The lowest BCUT2D eigenvalue weighted by Crippen LogP contribution is -2.42. The van der Waals surface area contributed by atoms with Gasteiger partial charge in [0, 0.05) is 19.5 Å². The van der Waals surface area contributed by atoms with E-state index in [1.54, 1.807) is 24.3 Å². The minimum Gasteiger partial charge on any atom is -0.480 e. The predicted octanol–water partition coefficient (Wildman–Crippen LogP) is 3.51. The molecule has 3 aromatic carbocycles. The summed E-state index contributed by atoms with van der Waals surface area (Å²) in [6.45, 7) is 1.23. The maximum atomic E-state index is 12.5. The Bertz CT molecular complexity index is 1070. The first-order valence-electron chi connectivity index (χ1n) is 10.3. The number of amides is 1. The van der Waals surface area contributed by atoms with Gasteiger partial charge in [0.25, 0.3) is 5.91 Å². The highest BCUT2D eigenvalue weighted by Crippen LogP contribution is 2.24. The molecule has 0 bridgehead atoms. The van der Waals surface area contributed by atoms with Gasteiger partial charge in [-0.1, -0.05) is 72.3 Å². The molecule has 0 spiro atoms. The van der Waals surface area contributed by atoms with Crippen molar-refractivity contribution in [1.82, 2.24) is 10.6 Å². The van der Waals surface area contributed by atoms with E-state index < -0.39 is 17.9 Å². The van der Waals surface area contributed by atoms with Crippen LogP contribution < -0.4 is 10.6 Å². The van der Waals surface area contributed by atoms with Gasteiger partial charge in [-0.05, 0) is 34.4 Å². The number of nitrogens with one attached hydrogen (secondary N) is 2. The van der Waals surface area contributed by atoms with Crippen molar-refractivity contribution in [3.63, 3.8) is 0 Å². The van der Waals surface area contributed by atoms with E-state index in [-0.39, 0.29) is 23.6 Å². The monoisotopic (exact) mass is 452 g/mol. The molecule has 0 radical (unpaired) electrons. The van der Waals surface area contributed by atoms with Crippen LogP contribution in [0.2, 0.25) is 5.02 Å². The Kier molecular flexibility index (Phi) is 8.39. The largest absolute Gasteiger partial charge is 0.480 e. The fourth-order valence-electron chi connectivity index (χ4n) is 3.40. The summed E-state index contributed by atoms with van der Waals surface area (Å²) in [5.74, 6) is -1.64. The second kappa shape index (κ2) is 11.4. The molecule has 7 heteroatoms. The number of aliphatic hydroxyl groups is 1. The highest BCUT2D eigenvalue weighted by molar-refractivity contribution is 6.33. The van der Waals surface area contributed by atoms with Crippen LogP contribution in [0.15, 0.2) is 72.8 Å². The summed E-state index contributed by atoms with van der Waals surface area (Å²) in [7, 11) is 0. The summed E-state index contributed by atoms with van der Waals surface area (Å²) in [4.78, 5) is 24.2. The fraction of sp³-hybridized carbons (Fsp3) is 0.200. The van der Waals surface area contributed by atoms with Crippen LogP contribution in [0.5, 0.6) is 0 Å². The van der Waals surface area contributed by atoms with Gasteiger partial charge in [0.15, 0.2) is 0 Å². The number of aliphatic hydroxyl groups excluding tert-OH is 1. The van der Waals surface area contributed by atoms with Gasteiger partial charge in [-0.2, -0.15) is 0 Å². The minimum atomic E-state index is -1.12. The fourth-order valence-corrected chi connectivity index (χ4v) is 3.62. The summed E-state index contributed by atoms with van der Waals surface area (Å²) in [5, 5.41) is 24.6. The van der Waals surface area contributed by atoms with Crippen LogP contribution >= 0.6 is 11.6 Å². The quantitative estimate of drug-likeness (QED) is 0.353. The Morgan fingerprint density at radius 1 is 0.938 bits per heavy atom. The summed E-state index contributed by atoms with van der Waals surface area (Å²) in [6, 6.07) is 21.0. The molecule has 6 nitrogen and oxygen atoms in total. The molecule has 0 aromatic heterocycles. The van der Waals surface area contributed by atoms with E-state index in [4.69, 9.17) is 16.7 Å². The molecule has 3 rings (SSSR count). The number of benzene rings is 3. The highest BCUT2D eigenvalue weighted by atomic mass is 35.5. The number of halogens is 1. The average molecular weight is 453 g/mol. The van der Waals surface area contributed by atoms with Gasteiger partial charge in [-0.3, -0.25) is 4.79 Å². The second-order valence-electron chi connectivity index (χ2n) is 7.30. The molecular formula is C25H25ClN2O4. The molecule has 1 amide bonds. The zero-order valence-electron chi connectivity index (χ0n) is 17.4. The van der Waals surface area contributed by atoms with Gasteiger partial charge in [-0.15, -0.1) is 0 Å². The van der Waals surface area contributed by atoms with E-state index in [9.17, 15) is 14.7 Å². The van der Waals surface area contributed by atoms with Gasteiger partial charge in [-0.25, -0.2) is 4.79 Å². The third kappa shape index (κ3) is 6.17. The van der Waals surface area contributed by atoms with Crippen LogP contribution in [0.4, 0.5) is 0 Å². The van der Waals surface area contributed by atoms with Crippen LogP contribution in [0, 0.1) is 0 Å². The molecule has 0 aliphatic carbocycles. The van der Waals surface area contributed by atoms with Crippen LogP contribution in [0.25, 0.3) is 11.1 Å². The highest BCUT2D eigenvalue weighted by Gasteiger charge is 2.22. The molecule has 3 aromatic rings. The number of rotatable bonds is 10. The first-order valence-corrected chi connectivity index (χ1v) is 10.6. The van der Waals surface area contributed by atoms with Crippen LogP contribution in [0.3, 0.4) is 0 Å². The number of carboxylic acid groups (broad SMARTS) is 1. The molecule has 0 saturated heterocycles. The van der Waals surface area contributed by atoms with Crippen molar-refractivity contribution in [3.05, 3.63) is 94.5 Å². The van der Waals surface area contributed by atoms with E-state index in [1.165, 1.54) is 0 Å². The molecular weight excluding hydrogens is 428 g/mol. The van der Waals surface area contributed by atoms with E-state index in [0.29, 0.717) is 13.1 Å². The van der Waals surface area contributed by atoms with Crippen molar-refractivity contribution in [3.8, 4) is 11.1 Å². The number of carbonyl (C=O) groups excluding carboxylic acids is 1. The van der Waals surface area contributed by atoms with Crippen molar-refractivity contribution < 1.29 is 19.8 Å². The SMILES string of the molecule is O=C(N[C@@H](Cc1ccc(-c2ccccc2CNCCO)cc1)C(=O)O)c1ccccc1Cl. The van der Waals surface area contributed by atoms with Gasteiger partial charge in [0.2, 0.25) is 0 Å². The van der Waals surface area contributed by atoms with E-state index >= 15 is 0 Å². The molecule has 0 aliphatic heterocycles. The van der Waals surface area contributed by atoms with Crippen molar-refractivity contribution in [2.75, 3.05) is 13.2 Å². The molecule has 0 heterocycles. The average Bonchev–Trinajstić information content (AvgIpc) is 2.80. The molecule has 166 valence electrons. The van der Waals surface area contributed by atoms with Gasteiger partial charge >= 0.3 is 5.97 Å². The Morgan fingerprint density at radius 3 is 2.31 bits per heavy atom. The van der Waals surface area contributed by atoms with E-state index in [0.717, 1.165) is 22.3 Å². The van der Waals surface area contributed by atoms with Gasteiger partial charge in [0.05, 0.1) is 17.2 Å². The molecule has 4 N–H and O–H groups in total. The first kappa shape index (κ1) is 23.5. The van der Waals surface area contributed by atoms with Crippen LogP contribution in [-0.4, -0.2) is 41.3 Å². The maximum Gasteiger partial charge on any atom is 0.326 e. The molecule has 0 saturated carbocycles. The molecule has 0 aliphatic rings. The minimum absolute atomic E-state index is 0.0780. The lowest BCUT2D eigenvalue weighted by Gasteiger charge is -2.16. The maximum absolute atomic E-state index is 12.5. The third-order valence-corrected chi connectivity index (χ3v) is 5.38. The Hall–Kier alpha value is -3.19. The summed E-state index contributed by atoms with van der Waals surface area (Å²) in [5.41, 5.74) is 4.19. The zero-order chi connectivity index (χ0) is 22.9. The van der Waals surface area contributed by atoms with Gasteiger partial charge in [0.1, 0.15) is 6.04 Å². The lowest BCUT2D eigenvalue weighted by molar-refractivity contribution is -0.139. The normalized spacial score (nSPS) is 11.7. The third-order valence-electron chi connectivity index (χ3n) is 5.05. The lowest BCUT2D eigenvalue weighted by atomic mass is 9.97. The summed E-state index contributed by atoms with van der Waals surface area (Å²) < 4.78 is 0. The van der Waals surface area contributed by atoms with Crippen molar-refractivity contribution in [1.29, 1.82) is 0 Å². The molecule has 0 fully saturated rings. The van der Waals surface area contributed by atoms with E-state index in [1.807, 2.05) is 48.5 Å². The molecule has 1 atom stereocenters. The number of aliphatic carboxylic acids is 1. The van der Waals surface area contributed by atoms with Gasteiger partial charge < -0.3 is 20.8 Å². The number of hydrogen-bond donors (Lipinski definition) is 4. The van der Waals surface area contributed by atoms with Crippen LogP contribution in [0.1, 0.15) is 21.5 Å². The van der Waals surface area contributed by atoms with Crippen molar-refractivity contribution >= 4 is 23.5 Å². The molecule has 0 unspecified atom stereocenters. The number of carbonyl (C=O) groups is 2. The number of hydrogen-bond acceptors (Lipinski definition) is 4. The second-order valence-corrected chi connectivity index (χ2v) is 7.71. The summed E-state index contributed by atoms with van der Waals surface area (Å²) >= 11 is 6.05. The van der Waals surface area contributed by atoms with Crippen LogP contribution in [-0.2, 0) is 17.8 Å². The van der Waals surface area contributed by atoms with Crippen molar-refractivity contribution in [2.45, 2.75) is 19.0 Å². The Labute approximate surface area is 191 Å². The topological polar surface area (TPSA) is 98.7 Å². The standard InChI is InChI=1S/C25H25ClN2O4/c26-22-8-4-3-7-21(22)24(30)28-23(25(31)32)15-17-9-11-18(12-10-17)20-6-2-1-5-19(20)16-27-13-14-29/h1-12,23,27,29H,13-16H2,(H,28,30)(H,31,32)/t23-/m0/s1. The first-order chi connectivity index (χ1) is 15.5. The molecule has 32 heavy (non-hydrogen) atoms. The van der Waals surface area contributed by atoms with Crippen molar-refractivity contribution in [2.24, 2.45) is 0 Å². The predicted molar refractivity (Wildman–Crippen MR) is 125 cm³/mol. The number of carboxylic acids is 1. The summed E-state index contributed by atoms with van der Waals surface area (Å²) in [6.07, 6.45) is 0.144. The Morgan fingerprint density at radius 2 is 1.62 bits per heavy atom. The Balaban J connectivity index is 1.72. The van der Waals surface area contributed by atoms with E-state index in [2.05, 4.69) is 10.6 Å². The smallest absolute Gasteiger partial charge is 0.326 e.